The maximum absolute atomic E-state index is 14.5. The fraction of sp³-hybridized carbons (Fsp3) is 0.643. The molecule has 9 heteroatoms. The highest BCUT2D eigenvalue weighted by atomic mass is 16.7. The van der Waals surface area contributed by atoms with Gasteiger partial charge in [-0.15, -0.1) is 0 Å². The van der Waals surface area contributed by atoms with Crippen molar-refractivity contribution in [3.05, 3.63) is 36.0 Å². The number of hydrogen-bond acceptors (Lipinski definition) is 9. The van der Waals surface area contributed by atoms with Gasteiger partial charge in [0.1, 0.15) is 6.10 Å². The molecule has 1 spiro atoms. The molecule has 4 heterocycles. The molecule has 196 valence electrons. The Bertz CT molecular complexity index is 1310. The molecule has 2 N–H and O–H groups in total. The van der Waals surface area contributed by atoms with Crippen molar-refractivity contribution < 1.29 is 43.6 Å². The minimum absolute atomic E-state index is 0.0271. The van der Waals surface area contributed by atoms with Crippen molar-refractivity contribution in [2.45, 2.75) is 81.6 Å². The van der Waals surface area contributed by atoms with Gasteiger partial charge in [-0.25, -0.2) is 9.59 Å². The van der Waals surface area contributed by atoms with Crippen LogP contribution in [0.15, 0.2) is 36.0 Å². The summed E-state index contributed by atoms with van der Waals surface area (Å²) in [6.07, 6.45) is 5.20. The third-order valence-electron chi connectivity index (χ3n) is 11.3. The van der Waals surface area contributed by atoms with E-state index in [1.807, 2.05) is 6.08 Å². The summed E-state index contributed by atoms with van der Waals surface area (Å²) in [5.41, 5.74) is -7.44. The molecule has 3 aliphatic carbocycles. The molecular formula is C28H30O9. The van der Waals surface area contributed by atoms with Crippen LogP contribution in [0.25, 0.3) is 0 Å². The lowest BCUT2D eigenvalue weighted by Gasteiger charge is -2.60. The Balaban J connectivity index is 1.50. The molecule has 7 rings (SSSR count). The Morgan fingerprint density at radius 1 is 1.08 bits per heavy atom. The zero-order valence-corrected chi connectivity index (χ0v) is 21.0. The van der Waals surface area contributed by atoms with Crippen LogP contribution < -0.4 is 0 Å². The van der Waals surface area contributed by atoms with Gasteiger partial charge in [0.05, 0.1) is 11.3 Å². The average Bonchev–Trinajstić information content (AvgIpc) is 3.19. The van der Waals surface area contributed by atoms with Gasteiger partial charge >= 0.3 is 11.9 Å². The minimum Gasteiger partial charge on any atom is -0.455 e. The standard InChI is InChI=1S/C28H30O9/c1-13-21(31)35-18-12-23(13,2)19-20(30)27(34)16-9-8-14-6-5-7-17(29)24(14,3)15(16)10-11-26(33)22(32)36-25(18,4)28(19,26)37-27/h5,7-8,15-16,18-19,33-34H,1,6,9-12H2,2-4H3/t15-,16+,18?,19-,23+,24-,25-,26-,27+,28-/m0/s1. The van der Waals surface area contributed by atoms with Crippen molar-refractivity contribution in [2.75, 3.05) is 0 Å². The second kappa shape index (κ2) is 6.33. The molecular weight excluding hydrogens is 480 g/mol. The van der Waals surface area contributed by atoms with Gasteiger partial charge in [0, 0.05) is 16.9 Å². The molecule has 0 radical (unpaired) electrons. The van der Waals surface area contributed by atoms with Crippen LogP contribution in [0.4, 0.5) is 0 Å². The van der Waals surface area contributed by atoms with Crippen LogP contribution in [-0.4, -0.2) is 62.4 Å². The van der Waals surface area contributed by atoms with E-state index >= 15 is 0 Å². The van der Waals surface area contributed by atoms with Crippen molar-refractivity contribution in [1.29, 1.82) is 0 Å². The Kier molecular flexibility index (Phi) is 4.02. The van der Waals surface area contributed by atoms with E-state index in [-0.39, 0.29) is 37.0 Å². The predicted molar refractivity (Wildman–Crippen MR) is 124 cm³/mol. The molecule has 4 bridgehead atoms. The molecule has 4 aliphatic heterocycles. The summed E-state index contributed by atoms with van der Waals surface area (Å²) >= 11 is 0. The van der Waals surface area contributed by atoms with Gasteiger partial charge in [-0.3, -0.25) is 9.59 Å². The maximum atomic E-state index is 14.5. The Hall–Kier alpha value is -2.62. The molecule has 4 saturated heterocycles. The first-order valence-electron chi connectivity index (χ1n) is 13.0. The van der Waals surface area contributed by atoms with Crippen molar-refractivity contribution in [3.8, 4) is 0 Å². The summed E-state index contributed by atoms with van der Waals surface area (Å²) < 4.78 is 18.0. The number of allylic oxidation sites excluding steroid dienone is 4. The number of ether oxygens (including phenoxy) is 3. The molecule has 9 nitrogen and oxygen atoms in total. The van der Waals surface area contributed by atoms with Crippen molar-refractivity contribution in [1.82, 2.24) is 0 Å². The maximum Gasteiger partial charge on any atom is 0.342 e. The Morgan fingerprint density at radius 3 is 2.54 bits per heavy atom. The van der Waals surface area contributed by atoms with Crippen LogP contribution >= 0.6 is 0 Å². The van der Waals surface area contributed by atoms with Gasteiger partial charge in [0.15, 0.2) is 28.4 Å². The number of rotatable bonds is 0. The molecule has 1 unspecified atom stereocenters. The molecule has 0 aromatic heterocycles. The second-order valence-corrected chi connectivity index (χ2v) is 12.6. The summed E-state index contributed by atoms with van der Waals surface area (Å²) in [6, 6.07) is 0. The molecule has 1 saturated carbocycles. The van der Waals surface area contributed by atoms with E-state index in [2.05, 4.69) is 6.58 Å². The fourth-order valence-electron chi connectivity index (χ4n) is 9.22. The summed E-state index contributed by atoms with van der Waals surface area (Å²) in [7, 11) is 0. The van der Waals surface area contributed by atoms with Gasteiger partial charge < -0.3 is 24.4 Å². The summed E-state index contributed by atoms with van der Waals surface area (Å²) in [4.78, 5) is 54.3. The third-order valence-corrected chi connectivity index (χ3v) is 11.3. The quantitative estimate of drug-likeness (QED) is 0.282. The van der Waals surface area contributed by atoms with Crippen LogP contribution in [-0.2, 0) is 33.4 Å². The zero-order valence-electron chi connectivity index (χ0n) is 21.0. The Labute approximate surface area is 213 Å². The lowest BCUT2D eigenvalue weighted by molar-refractivity contribution is -0.339. The second-order valence-electron chi connectivity index (χ2n) is 12.6. The first-order chi connectivity index (χ1) is 17.2. The number of carbonyl (C=O) groups excluding carboxylic acids is 4. The van der Waals surface area contributed by atoms with Crippen LogP contribution in [0, 0.1) is 28.6 Å². The first-order valence-corrected chi connectivity index (χ1v) is 13.0. The Morgan fingerprint density at radius 2 is 1.81 bits per heavy atom. The number of carbonyl (C=O) groups is 4. The molecule has 7 aliphatic rings. The SMILES string of the molecule is C=C1C(=O)OC2C[C@@]1(C)[C@@H]1C(=O)[C@]3(O)O[C@]14[C@@]2(C)OC(=O)[C@@]4(O)CC[C@H]1[C@H]3CC=C2CC=CC(=O)[C@@]21C. The van der Waals surface area contributed by atoms with Crippen molar-refractivity contribution in [3.63, 3.8) is 0 Å². The topological polar surface area (TPSA) is 136 Å². The summed E-state index contributed by atoms with van der Waals surface area (Å²) in [5, 5.41) is 24.6. The van der Waals surface area contributed by atoms with Gasteiger partial charge in [-0.1, -0.05) is 31.2 Å². The number of fused-ring (bicyclic) bond motifs is 9. The zero-order chi connectivity index (χ0) is 26.6. The monoisotopic (exact) mass is 510 g/mol. The van der Waals surface area contributed by atoms with E-state index in [0.717, 1.165) is 5.57 Å². The van der Waals surface area contributed by atoms with Crippen molar-refractivity contribution in [2.24, 2.45) is 28.6 Å². The van der Waals surface area contributed by atoms with E-state index < -0.39 is 75.0 Å². The van der Waals surface area contributed by atoms with E-state index in [0.29, 0.717) is 6.42 Å². The summed E-state index contributed by atoms with van der Waals surface area (Å²) in [5.74, 6) is -7.72. The molecule has 5 fully saturated rings. The van der Waals surface area contributed by atoms with Crippen LogP contribution in [0.5, 0.6) is 0 Å². The lowest BCUT2D eigenvalue weighted by atomic mass is 9.47. The first kappa shape index (κ1) is 23.5. The highest BCUT2D eigenvalue weighted by Crippen LogP contribution is 2.73. The fourth-order valence-corrected chi connectivity index (χ4v) is 9.22. The lowest BCUT2D eigenvalue weighted by Crippen LogP contribution is -2.77. The molecule has 0 aromatic rings. The molecule has 0 aromatic carbocycles. The number of aliphatic hydroxyl groups is 2. The normalized spacial score (nSPS) is 55.4. The summed E-state index contributed by atoms with van der Waals surface area (Å²) in [6.45, 7) is 8.91. The van der Waals surface area contributed by atoms with Crippen LogP contribution in [0.2, 0.25) is 0 Å². The predicted octanol–water partition coefficient (Wildman–Crippen LogP) is 1.46. The van der Waals surface area contributed by atoms with E-state index in [9.17, 15) is 29.4 Å². The number of hydrogen-bond donors (Lipinski definition) is 2. The number of esters is 2. The van der Waals surface area contributed by atoms with Crippen LogP contribution in [0.1, 0.15) is 52.9 Å². The van der Waals surface area contributed by atoms with E-state index in [1.165, 1.54) is 13.0 Å². The number of ketones is 2. The smallest absolute Gasteiger partial charge is 0.342 e. The van der Waals surface area contributed by atoms with Gasteiger partial charge in [-0.05, 0) is 57.9 Å². The third kappa shape index (κ3) is 2.12. The number of Topliss-reactive ketones (excluding diaryl/α,β-unsaturated/α-hetero) is 1. The molecule has 10 atom stereocenters. The van der Waals surface area contributed by atoms with Gasteiger partial charge in [-0.2, -0.15) is 0 Å². The van der Waals surface area contributed by atoms with Crippen LogP contribution in [0.3, 0.4) is 0 Å². The van der Waals surface area contributed by atoms with E-state index in [4.69, 9.17) is 14.2 Å². The van der Waals surface area contributed by atoms with Gasteiger partial charge in [0.2, 0.25) is 5.79 Å². The van der Waals surface area contributed by atoms with Gasteiger partial charge in [0.25, 0.3) is 0 Å². The van der Waals surface area contributed by atoms with Crippen molar-refractivity contribution >= 4 is 23.5 Å². The highest BCUT2D eigenvalue weighted by molar-refractivity contribution is 6.02. The largest absolute Gasteiger partial charge is 0.455 e. The average molecular weight is 511 g/mol. The molecule has 0 amide bonds. The minimum atomic E-state index is -2.44. The highest BCUT2D eigenvalue weighted by Gasteiger charge is 2.91. The molecule has 37 heavy (non-hydrogen) atoms. The van der Waals surface area contributed by atoms with E-state index in [1.54, 1.807) is 19.9 Å².